The molecule has 4 rings (SSSR count). The highest BCUT2D eigenvalue weighted by molar-refractivity contribution is 7.80. The van der Waals surface area contributed by atoms with Crippen molar-refractivity contribution in [2.45, 2.75) is 6.61 Å². The lowest BCUT2D eigenvalue weighted by atomic mass is 10.1. The fourth-order valence-corrected chi connectivity index (χ4v) is 3.99. The summed E-state index contributed by atoms with van der Waals surface area (Å²) in [5.41, 5.74) is 3.35. The number of hydrogen-bond acceptors (Lipinski definition) is 4. The number of ether oxygens (including phenoxy) is 2. The van der Waals surface area contributed by atoms with E-state index < -0.39 is 0 Å². The monoisotopic (exact) mass is 418 g/mol. The van der Waals surface area contributed by atoms with Crippen LogP contribution in [0.1, 0.15) is 11.1 Å². The molecule has 30 heavy (non-hydrogen) atoms. The van der Waals surface area contributed by atoms with Gasteiger partial charge in [-0.1, -0.05) is 54.7 Å². The minimum absolute atomic E-state index is 0.533. The quantitative estimate of drug-likeness (QED) is 0.537. The Kier molecular flexibility index (Phi) is 6.50. The molecule has 0 saturated carbocycles. The molecule has 5 heteroatoms. The van der Waals surface area contributed by atoms with Gasteiger partial charge in [-0.2, -0.15) is 0 Å². The highest BCUT2D eigenvalue weighted by Gasteiger charge is 2.22. The van der Waals surface area contributed by atoms with E-state index in [-0.39, 0.29) is 0 Å². The molecule has 0 N–H and O–H groups in total. The Morgan fingerprint density at radius 1 is 0.833 bits per heavy atom. The van der Waals surface area contributed by atoms with Gasteiger partial charge in [-0.3, -0.25) is 0 Å². The Bertz CT molecular complexity index is 968. The summed E-state index contributed by atoms with van der Waals surface area (Å²) < 4.78 is 11.4. The molecule has 3 aromatic carbocycles. The zero-order valence-electron chi connectivity index (χ0n) is 17.2. The summed E-state index contributed by atoms with van der Waals surface area (Å²) in [6.07, 6.45) is 0. The smallest absolute Gasteiger partial charge is 0.130 e. The first-order chi connectivity index (χ1) is 14.7. The van der Waals surface area contributed by atoms with Crippen molar-refractivity contribution in [1.82, 2.24) is 4.90 Å². The third-order valence-corrected chi connectivity index (χ3v) is 5.84. The van der Waals surface area contributed by atoms with Crippen LogP contribution in [0.5, 0.6) is 11.5 Å². The first-order valence-corrected chi connectivity index (χ1v) is 10.6. The van der Waals surface area contributed by atoms with Crippen molar-refractivity contribution in [3.63, 3.8) is 0 Å². The molecule has 1 aliphatic heterocycles. The molecule has 0 aliphatic carbocycles. The molecule has 0 unspecified atom stereocenters. The Morgan fingerprint density at radius 3 is 2.20 bits per heavy atom. The second-order valence-corrected chi connectivity index (χ2v) is 7.63. The van der Waals surface area contributed by atoms with Crippen LogP contribution < -0.4 is 14.4 Å². The van der Waals surface area contributed by atoms with Crippen LogP contribution in [-0.2, 0) is 6.61 Å². The summed E-state index contributed by atoms with van der Waals surface area (Å²) in [4.78, 5) is 5.52. The maximum Gasteiger partial charge on any atom is 0.130 e. The van der Waals surface area contributed by atoms with Gasteiger partial charge < -0.3 is 19.3 Å². The van der Waals surface area contributed by atoms with Crippen LogP contribution in [0, 0.1) is 0 Å². The van der Waals surface area contributed by atoms with Gasteiger partial charge in [-0.05, 0) is 42.0 Å². The van der Waals surface area contributed by atoms with E-state index in [4.69, 9.17) is 21.7 Å². The number of nitrogens with zero attached hydrogens (tertiary/aromatic N) is 2. The van der Waals surface area contributed by atoms with Crippen molar-refractivity contribution in [3.05, 3.63) is 90.0 Å². The summed E-state index contributed by atoms with van der Waals surface area (Å²) in [7, 11) is 1.69. The highest BCUT2D eigenvalue weighted by atomic mass is 32.1. The number of thiocarbonyl (C=S) groups is 1. The molecule has 0 spiro atoms. The normalized spacial score (nSPS) is 13.8. The molecule has 1 heterocycles. The molecule has 0 aromatic heterocycles. The largest absolute Gasteiger partial charge is 0.497 e. The Hall–Kier alpha value is -3.05. The predicted octanol–water partition coefficient (Wildman–Crippen LogP) is 4.77. The van der Waals surface area contributed by atoms with Gasteiger partial charge in [0.05, 0.1) is 12.7 Å². The number of rotatable bonds is 6. The summed E-state index contributed by atoms with van der Waals surface area (Å²) in [5.74, 6) is 1.72. The van der Waals surface area contributed by atoms with Gasteiger partial charge in [0.1, 0.15) is 23.1 Å². The van der Waals surface area contributed by atoms with Crippen LogP contribution in [0.15, 0.2) is 78.9 Å². The number of hydrogen-bond donors (Lipinski definition) is 0. The second-order valence-electron chi connectivity index (χ2n) is 7.25. The second kappa shape index (κ2) is 9.63. The van der Waals surface area contributed by atoms with E-state index in [0.717, 1.165) is 53.8 Å². The van der Waals surface area contributed by atoms with Gasteiger partial charge in [-0.25, -0.2) is 0 Å². The van der Waals surface area contributed by atoms with Crippen molar-refractivity contribution in [2.24, 2.45) is 0 Å². The minimum atomic E-state index is 0.533. The van der Waals surface area contributed by atoms with E-state index in [1.165, 1.54) is 5.69 Å². The molecular weight excluding hydrogens is 392 g/mol. The van der Waals surface area contributed by atoms with Crippen molar-refractivity contribution in [2.75, 3.05) is 38.2 Å². The number of benzene rings is 3. The van der Waals surface area contributed by atoms with Crippen molar-refractivity contribution < 1.29 is 9.47 Å². The summed E-state index contributed by atoms with van der Waals surface area (Å²) in [6, 6.07) is 26.5. The van der Waals surface area contributed by atoms with Crippen molar-refractivity contribution in [1.29, 1.82) is 0 Å². The van der Waals surface area contributed by atoms with Crippen LogP contribution in [0.25, 0.3) is 0 Å². The lowest BCUT2D eigenvalue weighted by Gasteiger charge is -2.37. The minimum Gasteiger partial charge on any atom is -0.497 e. The lowest BCUT2D eigenvalue weighted by molar-refractivity contribution is 0.304. The first kappa shape index (κ1) is 20.2. The Labute approximate surface area is 183 Å². The average Bonchev–Trinajstić information content (AvgIpc) is 2.83. The average molecular weight is 419 g/mol. The van der Waals surface area contributed by atoms with E-state index in [1.54, 1.807) is 7.11 Å². The number of anilines is 1. The summed E-state index contributed by atoms with van der Waals surface area (Å²) >= 11 is 5.86. The number of para-hydroxylation sites is 1. The summed E-state index contributed by atoms with van der Waals surface area (Å²) in [5, 5.41) is 0. The highest BCUT2D eigenvalue weighted by Crippen LogP contribution is 2.24. The van der Waals surface area contributed by atoms with E-state index >= 15 is 0 Å². The van der Waals surface area contributed by atoms with Gasteiger partial charge in [0.15, 0.2) is 0 Å². The van der Waals surface area contributed by atoms with Gasteiger partial charge in [0.25, 0.3) is 0 Å². The maximum absolute atomic E-state index is 6.11. The van der Waals surface area contributed by atoms with Gasteiger partial charge in [0, 0.05) is 31.9 Å². The maximum atomic E-state index is 6.11. The van der Waals surface area contributed by atoms with Gasteiger partial charge in [-0.15, -0.1) is 0 Å². The van der Waals surface area contributed by atoms with Crippen LogP contribution >= 0.6 is 12.2 Å². The molecule has 0 bridgehead atoms. The van der Waals surface area contributed by atoms with E-state index in [1.807, 2.05) is 48.5 Å². The van der Waals surface area contributed by atoms with Crippen LogP contribution in [0.4, 0.5) is 5.69 Å². The Balaban J connectivity index is 1.39. The van der Waals surface area contributed by atoms with E-state index in [2.05, 4.69) is 40.1 Å². The molecule has 1 fully saturated rings. The molecule has 4 nitrogen and oxygen atoms in total. The number of methoxy groups -OCH3 is 1. The third kappa shape index (κ3) is 4.74. The SMILES string of the molecule is COc1ccc(N2CCN(C(=S)c3ccccc3OCc3ccccc3)CC2)cc1. The van der Waals surface area contributed by atoms with Crippen LogP contribution in [-0.4, -0.2) is 43.2 Å². The molecule has 0 atom stereocenters. The third-order valence-electron chi connectivity index (χ3n) is 5.36. The molecule has 0 amide bonds. The van der Waals surface area contributed by atoms with E-state index in [9.17, 15) is 0 Å². The molecule has 0 radical (unpaired) electrons. The fourth-order valence-electron chi connectivity index (χ4n) is 3.64. The predicted molar refractivity (Wildman–Crippen MR) is 126 cm³/mol. The zero-order chi connectivity index (χ0) is 20.8. The van der Waals surface area contributed by atoms with Crippen LogP contribution in [0.2, 0.25) is 0 Å². The number of piperazine rings is 1. The molecule has 1 aliphatic rings. The molecule has 3 aromatic rings. The first-order valence-electron chi connectivity index (χ1n) is 10.2. The fraction of sp³-hybridized carbons (Fsp3) is 0.240. The summed E-state index contributed by atoms with van der Waals surface area (Å²) in [6.45, 7) is 4.17. The lowest BCUT2D eigenvalue weighted by Crippen LogP contribution is -2.48. The van der Waals surface area contributed by atoms with Gasteiger partial charge in [0.2, 0.25) is 0 Å². The Morgan fingerprint density at radius 2 is 1.50 bits per heavy atom. The topological polar surface area (TPSA) is 24.9 Å². The molecule has 154 valence electrons. The van der Waals surface area contributed by atoms with Crippen molar-refractivity contribution >= 4 is 22.9 Å². The van der Waals surface area contributed by atoms with Gasteiger partial charge >= 0.3 is 0 Å². The standard InChI is InChI=1S/C25H26N2O2S/c1-28-22-13-11-21(12-14-22)26-15-17-27(18-16-26)25(30)23-9-5-6-10-24(23)29-19-20-7-3-2-4-8-20/h2-14H,15-19H2,1H3. The van der Waals surface area contributed by atoms with E-state index in [0.29, 0.717) is 6.61 Å². The molecule has 1 saturated heterocycles. The zero-order valence-corrected chi connectivity index (χ0v) is 18.0. The van der Waals surface area contributed by atoms with Crippen LogP contribution in [0.3, 0.4) is 0 Å². The van der Waals surface area contributed by atoms with Crippen molar-refractivity contribution in [3.8, 4) is 11.5 Å². The molecular formula is C25H26N2O2S.